The number of hydrogen-bond acceptors (Lipinski definition) is 4. The molecule has 0 bridgehead atoms. The van der Waals surface area contributed by atoms with Crippen LogP contribution in [0.15, 0.2) is 29.2 Å². The van der Waals surface area contributed by atoms with Crippen molar-refractivity contribution in [2.75, 3.05) is 26.4 Å². The topological polar surface area (TPSA) is 66.5 Å². The van der Waals surface area contributed by atoms with Crippen LogP contribution in [0.25, 0.3) is 0 Å². The Kier molecular flexibility index (Phi) is 3.91. The molecule has 1 fully saturated rings. The lowest BCUT2D eigenvalue weighted by atomic mass is 10.1. The van der Waals surface area contributed by atoms with Gasteiger partial charge < -0.3 is 10.2 Å². The minimum Gasteiger partial charge on any atom is -0.337 e. The SMILES string of the molecule is CN(C(=O)c1ccc(S(C)(=O)=O)cc1)[C@H]1CCNC1. The summed E-state index contributed by atoms with van der Waals surface area (Å²) in [4.78, 5) is 14.2. The molecule has 104 valence electrons. The summed E-state index contributed by atoms with van der Waals surface area (Å²) in [5.74, 6) is -0.0752. The Morgan fingerprint density at radius 3 is 2.42 bits per heavy atom. The quantitative estimate of drug-likeness (QED) is 0.878. The molecule has 1 aromatic rings. The van der Waals surface area contributed by atoms with Crippen molar-refractivity contribution in [2.24, 2.45) is 0 Å². The Morgan fingerprint density at radius 1 is 1.32 bits per heavy atom. The van der Waals surface area contributed by atoms with Crippen molar-refractivity contribution < 1.29 is 13.2 Å². The van der Waals surface area contributed by atoms with E-state index in [1.165, 1.54) is 12.1 Å². The first-order chi connectivity index (χ1) is 8.89. The molecule has 2 rings (SSSR count). The molecule has 0 unspecified atom stereocenters. The lowest BCUT2D eigenvalue weighted by Gasteiger charge is -2.23. The van der Waals surface area contributed by atoms with Crippen LogP contribution in [0.1, 0.15) is 16.8 Å². The lowest BCUT2D eigenvalue weighted by Crippen LogP contribution is -2.38. The highest BCUT2D eigenvalue weighted by Gasteiger charge is 2.24. The molecule has 0 aliphatic carbocycles. The standard InChI is InChI=1S/C13H18N2O3S/c1-15(11-7-8-14-9-11)13(16)10-3-5-12(6-4-10)19(2,17)18/h3-6,11,14H,7-9H2,1-2H3/t11-/m0/s1. The molecule has 0 saturated carbocycles. The number of nitrogens with zero attached hydrogens (tertiary/aromatic N) is 1. The largest absolute Gasteiger partial charge is 0.337 e. The Bertz CT molecular complexity index is 560. The maximum Gasteiger partial charge on any atom is 0.253 e. The second-order valence-electron chi connectivity index (χ2n) is 4.86. The maximum atomic E-state index is 12.2. The molecule has 1 aromatic carbocycles. The molecule has 1 amide bonds. The van der Waals surface area contributed by atoms with Gasteiger partial charge >= 0.3 is 0 Å². The summed E-state index contributed by atoms with van der Waals surface area (Å²) in [5.41, 5.74) is 0.516. The van der Waals surface area contributed by atoms with Crippen LogP contribution < -0.4 is 5.32 Å². The van der Waals surface area contributed by atoms with Gasteiger partial charge in [-0.25, -0.2) is 8.42 Å². The molecule has 0 spiro atoms. The number of sulfone groups is 1. The van der Waals surface area contributed by atoms with Gasteiger partial charge in [0.25, 0.3) is 5.91 Å². The number of likely N-dealkylation sites (N-methyl/N-ethyl adjacent to an activating group) is 1. The van der Waals surface area contributed by atoms with Gasteiger partial charge in [-0.1, -0.05) is 0 Å². The number of rotatable bonds is 3. The van der Waals surface area contributed by atoms with Crippen molar-refractivity contribution in [3.63, 3.8) is 0 Å². The first-order valence-corrected chi connectivity index (χ1v) is 8.07. The Morgan fingerprint density at radius 2 is 1.95 bits per heavy atom. The smallest absolute Gasteiger partial charge is 0.253 e. The normalized spacial score (nSPS) is 19.4. The zero-order valence-corrected chi connectivity index (χ0v) is 11.9. The molecule has 0 aromatic heterocycles. The van der Waals surface area contributed by atoms with E-state index < -0.39 is 9.84 Å². The number of nitrogens with one attached hydrogen (secondary N) is 1. The van der Waals surface area contributed by atoms with Crippen LogP contribution in [0, 0.1) is 0 Å². The van der Waals surface area contributed by atoms with Crippen molar-refractivity contribution in [1.29, 1.82) is 0 Å². The van der Waals surface area contributed by atoms with Gasteiger partial charge in [-0.05, 0) is 37.2 Å². The van der Waals surface area contributed by atoms with Gasteiger partial charge in [0.15, 0.2) is 9.84 Å². The molecule has 1 aliphatic rings. The molecule has 6 heteroatoms. The maximum absolute atomic E-state index is 12.2. The van der Waals surface area contributed by atoms with Crippen molar-refractivity contribution in [3.8, 4) is 0 Å². The minimum absolute atomic E-state index is 0.0752. The van der Waals surface area contributed by atoms with Gasteiger partial charge in [0.05, 0.1) is 4.90 Å². The second-order valence-corrected chi connectivity index (χ2v) is 6.87. The predicted molar refractivity (Wildman–Crippen MR) is 72.9 cm³/mol. The molecule has 1 aliphatic heterocycles. The lowest BCUT2D eigenvalue weighted by molar-refractivity contribution is 0.0743. The molecule has 1 atom stereocenters. The van der Waals surface area contributed by atoms with E-state index in [1.807, 2.05) is 0 Å². The zero-order chi connectivity index (χ0) is 14.0. The minimum atomic E-state index is -3.22. The van der Waals surface area contributed by atoms with Gasteiger partial charge in [-0.3, -0.25) is 4.79 Å². The molecule has 5 nitrogen and oxygen atoms in total. The number of carbonyl (C=O) groups is 1. The third-order valence-corrected chi connectivity index (χ3v) is 4.56. The van der Waals surface area contributed by atoms with E-state index in [1.54, 1.807) is 24.1 Å². The van der Waals surface area contributed by atoms with Crippen LogP contribution in [0.2, 0.25) is 0 Å². The van der Waals surface area contributed by atoms with Crippen molar-refractivity contribution in [3.05, 3.63) is 29.8 Å². The third-order valence-electron chi connectivity index (χ3n) is 3.43. The molecule has 1 N–H and O–H groups in total. The summed E-state index contributed by atoms with van der Waals surface area (Å²) in [6, 6.07) is 6.30. The van der Waals surface area contributed by atoms with E-state index in [-0.39, 0.29) is 16.8 Å². The van der Waals surface area contributed by atoms with Gasteiger partial charge in [0, 0.05) is 31.5 Å². The number of benzene rings is 1. The van der Waals surface area contributed by atoms with Crippen LogP contribution in [0.3, 0.4) is 0 Å². The van der Waals surface area contributed by atoms with E-state index in [2.05, 4.69) is 5.32 Å². The van der Waals surface area contributed by atoms with E-state index in [0.717, 1.165) is 25.8 Å². The number of amides is 1. The summed E-state index contributed by atoms with van der Waals surface area (Å²) >= 11 is 0. The van der Waals surface area contributed by atoms with Crippen LogP contribution in [0.4, 0.5) is 0 Å². The Hall–Kier alpha value is -1.40. The summed E-state index contributed by atoms with van der Waals surface area (Å²) in [6.07, 6.45) is 2.10. The summed E-state index contributed by atoms with van der Waals surface area (Å²) in [6.45, 7) is 1.74. The van der Waals surface area contributed by atoms with Gasteiger partial charge in [-0.15, -0.1) is 0 Å². The van der Waals surface area contributed by atoms with E-state index in [4.69, 9.17) is 0 Å². The molecule has 19 heavy (non-hydrogen) atoms. The van der Waals surface area contributed by atoms with Crippen molar-refractivity contribution in [1.82, 2.24) is 10.2 Å². The predicted octanol–water partition coefficient (Wildman–Crippen LogP) is 0.524. The van der Waals surface area contributed by atoms with Crippen LogP contribution >= 0.6 is 0 Å². The fourth-order valence-corrected chi connectivity index (χ4v) is 2.81. The van der Waals surface area contributed by atoms with E-state index >= 15 is 0 Å². The van der Waals surface area contributed by atoms with Crippen molar-refractivity contribution in [2.45, 2.75) is 17.4 Å². The first kappa shape index (κ1) is 14.0. The molecule has 1 saturated heterocycles. The van der Waals surface area contributed by atoms with Gasteiger partial charge in [0.2, 0.25) is 0 Å². The van der Waals surface area contributed by atoms with Gasteiger partial charge in [0.1, 0.15) is 0 Å². The van der Waals surface area contributed by atoms with Gasteiger partial charge in [-0.2, -0.15) is 0 Å². The highest BCUT2D eigenvalue weighted by atomic mass is 32.2. The average Bonchev–Trinajstić information content (AvgIpc) is 2.90. The number of carbonyl (C=O) groups excluding carboxylic acids is 1. The average molecular weight is 282 g/mol. The van der Waals surface area contributed by atoms with Crippen LogP contribution in [-0.4, -0.2) is 51.7 Å². The third kappa shape index (κ3) is 3.13. The fraction of sp³-hybridized carbons (Fsp3) is 0.462. The highest BCUT2D eigenvalue weighted by molar-refractivity contribution is 7.90. The summed E-state index contributed by atoms with van der Waals surface area (Å²) in [7, 11) is -1.43. The monoisotopic (exact) mass is 282 g/mol. The highest BCUT2D eigenvalue weighted by Crippen LogP contribution is 2.14. The first-order valence-electron chi connectivity index (χ1n) is 6.17. The second kappa shape index (κ2) is 5.30. The molecule has 0 radical (unpaired) electrons. The summed E-state index contributed by atoms with van der Waals surface area (Å²) < 4.78 is 22.7. The fourth-order valence-electron chi connectivity index (χ4n) is 2.18. The number of hydrogen-bond donors (Lipinski definition) is 1. The van der Waals surface area contributed by atoms with Crippen molar-refractivity contribution >= 4 is 15.7 Å². The molecular weight excluding hydrogens is 264 g/mol. The Labute approximate surface area is 113 Å². The van der Waals surface area contributed by atoms with E-state index in [0.29, 0.717) is 5.56 Å². The van der Waals surface area contributed by atoms with Crippen LogP contribution in [0.5, 0.6) is 0 Å². The zero-order valence-electron chi connectivity index (χ0n) is 11.1. The Balaban J connectivity index is 2.15. The van der Waals surface area contributed by atoms with Crippen LogP contribution in [-0.2, 0) is 9.84 Å². The molecular formula is C13H18N2O3S. The molecule has 1 heterocycles. The van der Waals surface area contributed by atoms with E-state index in [9.17, 15) is 13.2 Å². The summed E-state index contributed by atoms with van der Waals surface area (Å²) in [5, 5.41) is 3.22.